The second kappa shape index (κ2) is 6.65. The molecule has 1 N–H and O–H groups in total. The van der Waals surface area contributed by atoms with E-state index >= 15 is 0 Å². The molecule has 0 saturated heterocycles. The monoisotopic (exact) mass is 314 g/mol. The third kappa shape index (κ3) is 3.56. The molecule has 3 nitrogen and oxygen atoms in total. The number of rotatable bonds is 5. The zero-order valence-electron chi connectivity index (χ0n) is 11.3. The zero-order chi connectivity index (χ0) is 14.5. The molecule has 0 aliphatic heterocycles. The van der Waals surface area contributed by atoms with Gasteiger partial charge in [-0.25, -0.2) is 4.98 Å². The molecule has 0 radical (unpaired) electrons. The number of thiazole rings is 1. The van der Waals surface area contributed by atoms with Gasteiger partial charge in [-0.2, -0.15) is 0 Å². The average Bonchev–Trinajstić information content (AvgIpc) is 3.20. The Balaban J connectivity index is 1.59. The average molecular weight is 314 g/mol. The topological polar surface area (TPSA) is 42.0 Å². The molecule has 3 rings (SSSR count). The van der Waals surface area contributed by atoms with Crippen molar-refractivity contribution >= 4 is 28.6 Å². The molecule has 0 aliphatic carbocycles. The van der Waals surface area contributed by atoms with Crippen molar-refractivity contribution in [3.8, 4) is 10.6 Å². The molecule has 106 valence electrons. The van der Waals surface area contributed by atoms with Gasteiger partial charge < -0.3 is 5.32 Å². The Morgan fingerprint density at radius 1 is 1.10 bits per heavy atom. The third-order valence-electron chi connectivity index (χ3n) is 2.99. The Hall–Kier alpha value is -1.98. The first kappa shape index (κ1) is 14.0. The molecule has 1 amide bonds. The third-order valence-corrected chi connectivity index (χ3v) is 4.82. The van der Waals surface area contributed by atoms with Gasteiger partial charge in [0.1, 0.15) is 10.7 Å². The summed E-state index contributed by atoms with van der Waals surface area (Å²) >= 11 is 3.20. The predicted molar refractivity (Wildman–Crippen MR) is 87.9 cm³/mol. The molecular formula is C16H14N2OS2. The van der Waals surface area contributed by atoms with E-state index in [9.17, 15) is 4.79 Å². The van der Waals surface area contributed by atoms with Gasteiger partial charge in [0.05, 0.1) is 0 Å². The highest BCUT2D eigenvalue weighted by Gasteiger charge is 2.11. The molecule has 0 aliphatic rings. The van der Waals surface area contributed by atoms with Crippen LogP contribution in [0.15, 0.2) is 53.2 Å². The maximum absolute atomic E-state index is 12.1. The molecule has 2 aromatic heterocycles. The van der Waals surface area contributed by atoms with Crippen molar-refractivity contribution in [1.29, 1.82) is 0 Å². The van der Waals surface area contributed by atoms with Gasteiger partial charge in [0.15, 0.2) is 0 Å². The number of thiophene rings is 1. The van der Waals surface area contributed by atoms with Crippen LogP contribution in [0.25, 0.3) is 10.6 Å². The molecule has 3 aromatic rings. The summed E-state index contributed by atoms with van der Waals surface area (Å²) in [6.45, 7) is 0.636. The number of amides is 1. The van der Waals surface area contributed by atoms with E-state index < -0.39 is 0 Å². The molecule has 0 unspecified atom stereocenters. The number of nitrogens with zero attached hydrogens (tertiary/aromatic N) is 1. The molecule has 0 atom stereocenters. The van der Waals surface area contributed by atoms with Crippen LogP contribution in [0.1, 0.15) is 15.4 Å². The first-order valence-electron chi connectivity index (χ1n) is 6.64. The molecule has 0 spiro atoms. The Labute approximate surface area is 131 Å². The summed E-state index contributed by atoms with van der Waals surface area (Å²) < 4.78 is 0. The lowest BCUT2D eigenvalue weighted by atomic mass is 10.2. The first-order chi connectivity index (χ1) is 10.3. The van der Waals surface area contributed by atoms with Crippen LogP contribution in [0.3, 0.4) is 0 Å². The van der Waals surface area contributed by atoms with E-state index in [2.05, 4.69) is 16.4 Å². The number of carbonyl (C=O) groups is 1. The van der Waals surface area contributed by atoms with E-state index in [1.807, 2.05) is 47.2 Å². The van der Waals surface area contributed by atoms with Gasteiger partial charge in [-0.15, -0.1) is 22.7 Å². The van der Waals surface area contributed by atoms with Crippen LogP contribution in [0.4, 0.5) is 0 Å². The van der Waals surface area contributed by atoms with Gasteiger partial charge in [0, 0.05) is 22.4 Å². The highest BCUT2D eigenvalue weighted by Crippen LogP contribution is 2.23. The molecule has 21 heavy (non-hydrogen) atoms. The fourth-order valence-corrected chi connectivity index (χ4v) is 3.45. The minimum atomic E-state index is -0.106. The maximum Gasteiger partial charge on any atom is 0.270 e. The second-order valence-corrected chi connectivity index (χ2v) is 6.38. The van der Waals surface area contributed by atoms with Crippen molar-refractivity contribution in [2.45, 2.75) is 6.42 Å². The Bertz CT molecular complexity index is 705. The van der Waals surface area contributed by atoms with Crippen molar-refractivity contribution in [3.63, 3.8) is 0 Å². The van der Waals surface area contributed by atoms with Crippen LogP contribution < -0.4 is 5.32 Å². The van der Waals surface area contributed by atoms with Crippen LogP contribution in [-0.2, 0) is 6.42 Å². The van der Waals surface area contributed by atoms with Crippen molar-refractivity contribution < 1.29 is 4.79 Å². The summed E-state index contributed by atoms with van der Waals surface area (Å²) in [7, 11) is 0. The SMILES string of the molecule is O=C(NCCc1cccs1)c1csc(-c2ccccc2)n1. The molecule has 1 aromatic carbocycles. The molecule has 0 saturated carbocycles. The van der Waals surface area contributed by atoms with Gasteiger partial charge in [-0.1, -0.05) is 36.4 Å². The number of nitrogens with one attached hydrogen (secondary N) is 1. The number of benzene rings is 1. The summed E-state index contributed by atoms with van der Waals surface area (Å²) in [4.78, 5) is 17.7. The maximum atomic E-state index is 12.1. The highest BCUT2D eigenvalue weighted by molar-refractivity contribution is 7.13. The smallest absolute Gasteiger partial charge is 0.270 e. The number of aromatic nitrogens is 1. The molecule has 2 heterocycles. The minimum Gasteiger partial charge on any atom is -0.350 e. The lowest BCUT2D eigenvalue weighted by Gasteiger charge is -2.01. The molecule has 5 heteroatoms. The van der Waals surface area contributed by atoms with Crippen LogP contribution in [0.5, 0.6) is 0 Å². The Morgan fingerprint density at radius 2 is 1.95 bits per heavy atom. The molecule has 0 fully saturated rings. The van der Waals surface area contributed by atoms with Crippen molar-refractivity contribution in [1.82, 2.24) is 10.3 Å². The Kier molecular flexibility index (Phi) is 4.43. The summed E-state index contributed by atoms with van der Waals surface area (Å²) in [5.74, 6) is -0.106. The number of carbonyl (C=O) groups excluding carboxylic acids is 1. The van der Waals surface area contributed by atoms with Gasteiger partial charge in [-0.05, 0) is 17.9 Å². The summed E-state index contributed by atoms with van der Waals surface area (Å²) in [5, 5.41) is 7.64. The van der Waals surface area contributed by atoms with Crippen molar-refractivity contribution in [2.24, 2.45) is 0 Å². The lowest BCUT2D eigenvalue weighted by Crippen LogP contribution is -2.25. The largest absolute Gasteiger partial charge is 0.350 e. The number of hydrogen-bond donors (Lipinski definition) is 1. The quantitative estimate of drug-likeness (QED) is 0.777. The molecule has 0 bridgehead atoms. The van der Waals surface area contributed by atoms with E-state index in [4.69, 9.17) is 0 Å². The van der Waals surface area contributed by atoms with Crippen LogP contribution in [-0.4, -0.2) is 17.4 Å². The van der Waals surface area contributed by atoms with Gasteiger partial charge in [-0.3, -0.25) is 4.79 Å². The first-order valence-corrected chi connectivity index (χ1v) is 8.40. The standard InChI is InChI=1S/C16H14N2OS2/c19-15(17-9-8-13-7-4-10-20-13)14-11-21-16(18-14)12-5-2-1-3-6-12/h1-7,10-11H,8-9H2,(H,17,19). The fraction of sp³-hybridized carbons (Fsp3) is 0.125. The van der Waals surface area contributed by atoms with E-state index in [0.29, 0.717) is 12.2 Å². The fourth-order valence-electron chi connectivity index (χ4n) is 1.94. The molecular weight excluding hydrogens is 300 g/mol. The highest BCUT2D eigenvalue weighted by atomic mass is 32.1. The second-order valence-electron chi connectivity index (χ2n) is 4.49. The van der Waals surface area contributed by atoms with Gasteiger partial charge in [0.25, 0.3) is 5.91 Å². The van der Waals surface area contributed by atoms with E-state index in [-0.39, 0.29) is 5.91 Å². The van der Waals surface area contributed by atoms with Crippen LogP contribution in [0.2, 0.25) is 0 Å². The summed E-state index contributed by atoms with van der Waals surface area (Å²) in [5.41, 5.74) is 1.53. The van der Waals surface area contributed by atoms with Gasteiger partial charge in [0.2, 0.25) is 0 Å². The Morgan fingerprint density at radius 3 is 2.71 bits per heavy atom. The van der Waals surface area contributed by atoms with Crippen molar-refractivity contribution in [2.75, 3.05) is 6.54 Å². The van der Waals surface area contributed by atoms with E-state index in [1.54, 1.807) is 11.3 Å². The normalized spacial score (nSPS) is 10.5. The van der Waals surface area contributed by atoms with E-state index in [0.717, 1.165) is 17.0 Å². The zero-order valence-corrected chi connectivity index (χ0v) is 12.9. The van der Waals surface area contributed by atoms with Crippen LogP contribution >= 0.6 is 22.7 Å². The summed E-state index contributed by atoms with van der Waals surface area (Å²) in [6, 6.07) is 14.0. The van der Waals surface area contributed by atoms with Crippen LogP contribution in [0, 0.1) is 0 Å². The number of hydrogen-bond acceptors (Lipinski definition) is 4. The lowest BCUT2D eigenvalue weighted by molar-refractivity contribution is 0.0950. The van der Waals surface area contributed by atoms with E-state index in [1.165, 1.54) is 16.2 Å². The van der Waals surface area contributed by atoms with Gasteiger partial charge >= 0.3 is 0 Å². The predicted octanol–water partition coefficient (Wildman–Crippen LogP) is 3.84. The van der Waals surface area contributed by atoms with Crippen molar-refractivity contribution in [3.05, 3.63) is 63.8 Å². The minimum absolute atomic E-state index is 0.106. The summed E-state index contributed by atoms with van der Waals surface area (Å²) in [6.07, 6.45) is 0.860.